The van der Waals surface area contributed by atoms with E-state index in [0.29, 0.717) is 6.54 Å². The fraction of sp³-hybridized carbons (Fsp3) is 0.588. The van der Waals surface area contributed by atoms with Gasteiger partial charge in [-0.2, -0.15) is 0 Å². The van der Waals surface area contributed by atoms with Gasteiger partial charge in [-0.05, 0) is 26.3 Å². The Hall–Kier alpha value is -1.89. The molecule has 0 saturated carbocycles. The van der Waals surface area contributed by atoms with Gasteiger partial charge in [0.25, 0.3) is 0 Å². The number of carbonyl (C=O) groups is 1. The maximum atomic E-state index is 12.0. The Kier molecular flexibility index (Phi) is 4.89. The van der Waals surface area contributed by atoms with Crippen LogP contribution in [-0.4, -0.2) is 53.6 Å². The Morgan fingerprint density at radius 3 is 2.50 bits per heavy atom. The highest BCUT2D eigenvalue weighted by molar-refractivity contribution is 7.18. The molecule has 1 aliphatic rings. The van der Waals surface area contributed by atoms with E-state index in [4.69, 9.17) is 9.97 Å². The van der Waals surface area contributed by atoms with Gasteiger partial charge in [-0.1, -0.05) is 6.92 Å². The second-order valence-electron chi connectivity index (χ2n) is 6.09. The quantitative estimate of drug-likeness (QED) is 0.927. The third-order valence-electron chi connectivity index (χ3n) is 4.57. The van der Waals surface area contributed by atoms with E-state index in [9.17, 15) is 4.79 Å². The van der Waals surface area contributed by atoms with E-state index in [-0.39, 0.29) is 6.03 Å². The van der Waals surface area contributed by atoms with Gasteiger partial charge in [0, 0.05) is 44.0 Å². The van der Waals surface area contributed by atoms with Gasteiger partial charge in [0.2, 0.25) is 0 Å². The summed E-state index contributed by atoms with van der Waals surface area (Å²) in [7, 11) is 0. The number of hydrogen-bond donors (Lipinski definition) is 1. The third-order valence-corrected chi connectivity index (χ3v) is 5.67. The fourth-order valence-corrected chi connectivity index (χ4v) is 4.09. The second kappa shape index (κ2) is 6.93. The van der Waals surface area contributed by atoms with Gasteiger partial charge >= 0.3 is 6.03 Å². The monoisotopic (exact) mass is 347 g/mol. The van der Waals surface area contributed by atoms with Crippen molar-refractivity contribution in [2.75, 3.05) is 37.6 Å². The molecule has 0 unspecified atom stereocenters. The Morgan fingerprint density at radius 2 is 1.88 bits per heavy atom. The highest BCUT2D eigenvalue weighted by Crippen LogP contribution is 2.35. The van der Waals surface area contributed by atoms with Crippen LogP contribution in [-0.2, 0) is 6.42 Å². The number of anilines is 1. The number of hydrogen-bond acceptors (Lipinski definition) is 5. The van der Waals surface area contributed by atoms with Crippen molar-refractivity contribution in [3.05, 3.63) is 16.3 Å². The van der Waals surface area contributed by atoms with Crippen LogP contribution in [0, 0.1) is 13.8 Å². The number of fused-ring (bicyclic) bond motifs is 1. The van der Waals surface area contributed by atoms with E-state index in [0.717, 1.165) is 49.1 Å². The average molecular weight is 347 g/mol. The number of amides is 2. The third kappa shape index (κ3) is 3.05. The zero-order chi connectivity index (χ0) is 17.3. The summed E-state index contributed by atoms with van der Waals surface area (Å²) in [5.41, 5.74) is 1.28. The Morgan fingerprint density at radius 1 is 1.17 bits per heavy atom. The molecule has 1 fully saturated rings. The van der Waals surface area contributed by atoms with Crippen LogP contribution in [0.25, 0.3) is 10.2 Å². The molecule has 3 heterocycles. The van der Waals surface area contributed by atoms with E-state index in [2.05, 4.69) is 31.0 Å². The molecule has 0 radical (unpaired) electrons. The molecule has 0 aromatic carbocycles. The average Bonchev–Trinajstić information content (AvgIpc) is 2.88. The SMILES string of the molecule is CCNC(=O)N1CCN(c2nc(CC)nc3sc(C)c(C)c23)CC1. The molecule has 0 bridgehead atoms. The molecule has 2 amide bonds. The van der Waals surface area contributed by atoms with Crippen LogP contribution in [0.1, 0.15) is 30.1 Å². The summed E-state index contributed by atoms with van der Waals surface area (Å²) < 4.78 is 0. The summed E-state index contributed by atoms with van der Waals surface area (Å²) in [5.74, 6) is 1.93. The zero-order valence-corrected chi connectivity index (χ0v) is 15.7. The first-order valence-electron chi connectivity index (χ1n) is 8.59. The minimum absolute atomic E-state index is 0.0294. The maximum Gasteiger partial charge on any atom is 0.317 e. The second-order valence-corrected chi connectivity index (χ2v) is 7.29. The van der Waals surface area contributed by atoms with E-state index in [1.165, 1.54) is 15.8 Å². The van der Waals surface area contributed by atoms with Gasteiger partial charge in [-0.15, -0.1) is 11.3 Å². The first-order chi connectivity index (χ1) is 11.5. The van der Waals surface area contributed by atoms with Crippen LogP contribution in [0.2, 0.25) is 0 Å². The van der Waals surface area contributed by atoms with E-state index >= 15 is 0 Å². The van der Waals surface area contributed by atoms with Crippen molar-refractivity contribution in [3.8, 4) is 0 Å². The van der Waals surface area contributed by atoms with Gasteiger partial charge in [0.05, 0.1) is 5.39 Å². The number of urea groups is 1. The Balaban J connectivity index is 1.89. The summed E-state index contributed by atoms with van der Waals surface area (Å²) in [6.07, 6.45) is 0.831. The zero-order valence-electron chi connectivity index (χ0n) is 14.8. The minimum atomic E-state index is 0.0294. The number of piperazine rings is 1. The number of nitrogens with zero attached hydrogens (tertiary/aromatic N) is 4. The summed E-state index contributed by atoms with van der Waals surface area (Å²) >= 11 is 1.75. The summed E-state index contributed by atoms with van der Waals surface area (Å²) in [4.78, 5) is 28.1. The lowest BCUT2D eigenvalue weighted by molar-refractivity contribution is 0.195. The van der Waals surface area contributed by atoms with Crippen molar-refractivity contribution in [2.24, 2.45) is 0 Å². The van der Waals surface area contributed by atoms with E-state index < -0.39 is 0 Å². The van der Waals surface area contributed by atoms with Crippen LogP contribution in [0.4, 0.5) is 10.6 Å². The Bertz CT molecular complexity index is 749. The number of rotatable bonds is 3. The molecule has 1 saturated heterocycles. The first kappa shape index (κ1) is 17.0. The van der Waals surface area contributed by atoms with Crippen molar-refractivity contribution >= 4 is 33.4 Å². The van der Waals surface area contributed by atoms with Crippen LogP contribution in [0.15, 0.2) is 0 Å². The molecule has 2 aromatic rings. The topological polar surface area (TPSA) is 61.4 Å². The van der Waals surface area contributed by atoms with E-state index in [1.54, 1.807) is 11.3 Å². The molecule has 6 nitrogen and oxygen atoms in total. The molecule has 0 atom stereocenters. The highest BCUT2D eigenvalue weighted by atomic mass is 32.1. The molecule has 130 valence electrons. The van der Waals surface area contributed by atoms with Gasteiger partial charge in [-0.3, -0.25) is 0 Å². The van der Waals surface area contributed by atoms with Crippen molar-refractivity contribution in [1.82, 2.24) is 20.2 Å². The Labute approximate surface area is 146 Å². The van der Waals surface area contributed by atoms with Crippen molar-refractivity contribution in [3.63, 3.8) is 0 Å². The van der Waals surface area contributed by atoms with Gasteiger partial charge in [0.15, 0.2) is 0 Å². The van der Waals surface area contributed by atoms with Gasteiger partial charge in [0.1, 0.15) is 16.5 Å². The number of aromatic nitrogens is 2. The van der Waals surface area contributed by atoms with Crippen LogP contribution in [0.3, 0.4) is 0 Å². The van der Waals surface area contributed by atoms with Crippen molar-refractivity contribution in [1.29, 1.82) is 0 Å². The van der Waals surface area contributed by atoms with Crippen LogP contribution in [0.5, 0.6) is 0 Å². The molecule has 1 aliphatic heterocycles. The largest absolute Gasteiger partial charge is 0.352 e. The van der Waals surface area contributed by atoms with Gasteiger partial charge in [-0.25, -0.2) is 14.8 Å². The van der Waals surface area contributed by atoms with E-state index in [1.807, 2.05) is 11.8 Å². The number of thiophene rings is 1. The molecule has 3 rings (SSSR count). The fourth-order valence-electron chi connectivity index (χ4n) is 3.04. The smallest absolute Gasteiger partial charge is 0.317 e. The van der Waals surface area contributed by atoms with Crippen LogP contribution >= 0.6 is 11.3 Å². The lowest BCUT2D eigenvalue weighted by Crippen LogP contribution is -2.52. The normalized spacial score (nSPS) is 15.2. The predicted molar refractivity (Wildman–Crippen MR) is 99.1 cm³/mol. The minimum Gasteiger partial charge on any atom is -0.352 e. The number of carbonyl (C=O) groups excluding carboxylic acids is 1. The van der Waals surface area contributed by atoms with Crippen molar-refractivity contribution in [2.45, 2.75) is 34.1 Å². The lowest BCUT2D eigenvalue weighted by Gasteiger charge is -2.35. The highest BCUT2D eigenvalue weighted by Gasteiger charge is 2.24. The molecule has 2 aromatic heterocycles. The molecule has 7 heteroatoms. The van der Waals surface area contributed by atoms with Gasteiger partial charge < -0.3 is 15.1 Å². The predicted octanol–water partition coefficient (Wildman–Crippen LogP) is 2.72. The summed E-state index contributed by atoms with van der Waals surface area (Å²) in [6.45, 7) is 12.1. The molecule has 24 heavy (non-hydrogen) atoms. The summed E-state index contributed by atoms with van der Waals surface area (Å²) in [5, 5.41) is 4.06. The number of aryl methyl sites for hydroxylation is 3. The molecular formula is C17H25N5OS. The molecule has 1 N–H and O–H groups in total. The maximum absolute atomic E-state index is 12.0. The molecular weight excluding hydrogens is 322 g/mol. The lowest BCUT2D eigenvalue weighted by atomic mass is 10.2. The summed E-state index contributed by atoms with van der Waals surface area (Å²) in [6, 6.07) is 0.0294. The van der Waals surface area contributed by atoms with Crippen LogP contribution < -0.4 is 10.2 Å². The van der Waals surface area contributed by atoms with Crippen molar-refractivity contribution < 1.29 is 4.79 Å². The molecule has 0 spiro atoms. The standard InChI is InChI=1S/C17H25N5OS/c1-5-13-19-15(14-11(3)12(4)24-16(14)20-13)21-7-9-22(10-8-21)17(23)18-6-2/h5-10H2,1-4H3,(H,18,23). The number of nitrogens with one attached hydrogen (secondary N) is 1. The molecule has 0 aliphatic carbocycles. The first-order valence-corrected chi connectivity index (χ1v) is 9.41.